The summed E-state index contributed by atoms with van der Waals surface area (Å²) in [6.45, 7) is 2.06. The number of benzene rings is 1. The molecule has 0 bridgehead atoms. The van der Waals surface area contributed by atoms with Gasteiger partial charge in [0.2, 0.25) is 6.41 Å². The summed E-state index contributed by atoms with van der Waals surface area (Å²) in [5.74, 6) is 0. The van der Waals surface area contributed by atoms with Crippen molar-refractivity contribution < 1.29 is 4.79 Å². The van der Waals surface area contributed by atoms with Crippen LogP contribution in [-0.2, 0) is 10.2 Å². The number of hydrogen-bond acceptors (Lipinski definition) is 1. The maximum atomic E-state index is 10.5. The van der Waals surface area contributed by atoms with Gasteiger partial charge in [0.1, 0.15) is 0 Å². The van der Waals surface area contributed by atoms with Crippen molar-refractivity contribution in [2.75, 3.05) is 0 Å². The van der Waals surface area contributed by atoms with Gasteiger partial charge >= 0.3 is 0 Å². The molecule has 2 nitrogen and oxygen atoms in total. The van der Waals surface area contributed by atoms with E-state index in [4.69, 9.17) is 11.6 Å². The SMILES string of the molecule is CC(CC1(c2ccc(Cl)cc2)CCC1)NC=O. The predicted octanol–water partition coefficient (Wildman–Crippen LogP) is 3.29. The second kappa shape index (κ2) is 5.09. The third-order valence-electron chi connectivity index (χ3n) is 3.82. The highest BCUT2D eigenvalue weighted by Gasteiger charge is 2.39. The topological polar surface area (TPSA) is 29.1 Å². The summed E-state index contributed by atoms with van der Waals surface area (Å²) in [5, 5.41) is 3.62. The summed E-state index contributed by atoms with van der Waals surface area (Å²) in [6, 6.07) is 8.37. The van der Waals surface area contributed by atoms with Crippen LogP contribution in [0.1, 0.15) is 38.2 Å². The molecule has 0 aromatic heterocycles. The fraction of sp³-hybridized carbons (Fsp3) is 0.500. The van der Waals surface area contributed by atoms with Crippen molar-refractivity contribution in [3.8, 4) is 0 Å². The third kappa shape index (κ3) is 2.63. The van der Waals surface area contributed by atoms with Crippen molar-refractivity contribution in [1.29, 1.82) is 0 Å². The number of carbonyl (C=O) groups is 1. The zero-order chi connectivity index (χ0) is 12.3. The molecule has 0 aliphatic heterocycles. The van der Waals surface area contributed by atoms with E-state index in [2.05, 4.69) is 24.4 Å². The molecule has 0 heterocycles. The minimum absolute atomic E-state index is 0.225. The Morgan fingerprint density at radius 1 is 1.41 bits per heavy atom. The Labute approximate surface area is 107 Å². The lowest BCUT2D eigenvalue weighted by Crippen LogP contribution is -2.41. The van der Waals surface area contributed by atoms with E-state index in [1.54, 1.807) is 0 Å². The Morgan fingerprint density at radius 2 is 2.06 bits per heavy atom. The minimum atomic E-state index is 0.225. The maximum absolute atomic E-state index is 10.5. The first-order chi connectivity index (χ1) is 8.16. The molecular weight excluding hydrogens is 234 g/mol. The number of halogens is 1. The molecule has 1 fully saturated rings. The second-order valence-corrected chi connectivity index (χ2v) is 5.47. The van der Waals surface area contributed by atoms with Gasteiger partial charge < -0.3 is 5.32 Å². The van der Waals surface area contributed by atoms with Crippen LogP contribution in [0.15, 0.2) is 24.3 Å². The zero-order valence-corrected chi connectivity index (χ0v) is 10.8. The zero-order valence-electron chi connectivity index (χ0n) is 10.1. The summed E-state index contributed by atoms with van der Waals surface area (Å²) in [4.78, 5) is 10.5. The van der Waals surface area contributed by atoms with E-state index in [-0.39, 0.29) is 11.5 Å². The monoisotopic (exact) mass is 251 g/mol. The molecule has 0 spiro atoms. The summed E-state index contributed by atoms with van der Waals surface area (Å²) < 4.78 is 0. The van der Waals surface area contributed by atoms with Gasteiger partial charge in [-0.3, -0.25) is 4.79 Å². The normalized spacial score (nSPS) is 19.2. The Bertz CT molecular complexity index is 384. The van der Waals surface area contributed by atoms with Crippen molar-refractivity contribution in [3.63, 3.8) is 0 Å². The van der Waals surface area contributed by atoms with E-state index in [0.717, 1.165) is 17.9 Å². The number of carbonyl (C=O) groups excluding carboxylic acids is 1. The largest absolute Gasteiger partial charge is 0.356 e. The molecule has 1 unspecified atom stereocenters. The molecule has 1 N–H and O–H groups in total. The number of nitrogens with one attached hydrogen (secondary N) is 1. The van der Waals surface area contributed by atoms with Gasteiger partial charge in [-0.25, -0.2) is 0 Å². The first-order valence-corrected chi connectivity index (χ1v) is 6.50. The first kappa shape index (κ1) is 12.4. The maximum Gasteiger partial charge on any atom is 0.207 e. The smallest absolute Gasteiger partial charge is 0.207 e. The van der Waals surface area contributed by atoms with Gasteiger partial charge in [0, 0.05) is 11.1 Å². The number of rotatable bonds is 5. The van der Waals surface area contributed by atoms with Crippen molar-refractivity contribution in [1.82, 2.24) is 5.32 Å². The van der Waals surface area contributed by atoms with E-state index in [1.165, 1.54) is 24.8 Å². The van der Waals surface area contributed by atoms with Crippen LogP contribution in [0.3, 0.4) is 0 Å². The Hall–Kier alpha value is -1.02. The average molecular weight is 252 g/mol. The van der Waals surface area contributed by atoms with Crippen LogP contribution in [0.4, 0.5) is 0 Å². The van der Waals surface area contributed by atoms with Gasteiger partial charge in [-0.15, -0.1) is 0 Å². The van der Waals surface area contributed by atoms with Crippen LogP contribution in [0.2, 0.25) is 5.02 Å². The standard InChI is InChI=1S/C14H18ClNO/c1-11(16-10-17)9-14(7-2-8-14)12-3-5-13(15)6-4-12/h3-6,10-11H,2,7-9H2,1H3,(H,16,17). The van der Waals surface area contributed by atoms with E-state index < -0.39 is 0 Å². The van der Waals surface area contributed by atoms with Crippen molar-refractivity contribution in [3.05, 3.63) is 34.9 Å². The summed E-state index contributed by atoms with van der Waals surface area (Å²) in [6.07, 6.45) is 5.49. The van der Waals surface area contributed by atoms with Gasteiger partial charge in [-0.1, -0.05) is 30.2 Å². The lowest BCUT2D eigenvalue weighted by Gasteiger charge is -2.44. The van der Waals surface area contributed by atoms with Gasteiger partial charge in [0.25, 0.3) is 0 Å². The average Bonchev–Trinajstić information content (AvgIpc) is 2.25. The molecule has 1 saturated carbocycles. The van der Waals surface area contributed by atoms with E-state index in [9.17, 15) is 4.79 Å². The molecule has 3 heteroatoms. The van der Waals surface area contributed by atoms with Crippen LogP contribution >= 0.6 is 11.6 Å². The highest BCUT2D eigenvalue weighted by molar-refractivity contribution is 6.30. The summed E-state index contributed by atoms with van der Waals surface area (Å²) in [5.41, 5.74) is 1.60. The molecule has 1 aromatic rings. The lowest BCUT2D eigenvalue weighted by atomic mass is 9.61. The molecule has 1 aromatic carbocycles. The predicted molar refractivity (Wildman–Crippen MR) is 70.3 cm³/mol. The van der Waals surface area contributed by atoms with Crippen molar-refractivity contribution >= 4 is 18.0 Å². The number of amides is 1. The van der Waals surface area contributed by atoms with Gasteiger partial charge in [0.05, 0.1) is 0 Å². The molecular formula is C14H18ClNO. The molecule has 92 valence electrons. The van der Waals surface area contributed by atoms with Crippen LogP contribution in [0.5, 0.6) is 0 Å². The molecule has 17 heavy (non-hydrogen) atoms. The third-order valence-corrected chi connectivity index (χ3v) is 4.07. The fourth-order valence-electron chi connectivity index (χ4n) is 2.78. The van der Waals surface area contributed by atoms with Crippen LogP contribution in [0, 0.1) is 0 Å². The van der Waals surface area contributed by atoms with Gasteiger partial charge in [-0.2, -0.15) is 0 Å². The lowest BCUT2D eigenvalue weighted by molar-refractivity contribution is -0.110. The molecule has 1 atom stereocenters. The molecule has 1 aliphatic carbocycles. The van der Waals surface area contributed by atoms with E-state index in [1.807, 2.05) is 12.1 Å². The quantitative estimate of drug-likeness (QED) is 0.800. The van der Waals surface area contributed by atoms with Crippen molar-refractivity contribution in [2.24, 2.45) is 0 Å². The summed E-state index contributed by atoms with van der Waals surface area (Å²) >= 11 is 5.92. The van der Waals surface area contributed by atoms with Gasteiger partial charge in [-0.05, 0) is 49.3 Å². The van der Waals surface area contributed by atoms with Crippen LogP contribution in [0.25, 0.3) is 0 Å². The molecule has 1 aliphatic rings. The van der Waals surface area contributed by atoms with E-state index >= 15 is 0 Å². The Balaban J connectivity index is 2.13. The summed E-state index contributed by atoms with van der Waals surface area (Å²) in [7, 11) is 0. The molecule has 1 amide bonds. The van der Waals surface area contributed by atoms with Crippen molar-refractivity contribution in [2.45, 2.75) is 44.1 Å². The highest BCUT2D eigenvalue weighted by Crippen LogP contribution is 2.47. The minimum Gasteiger partial charge on any atom is -0.356 e. The fourth-order valence-corrected chi connectivity index (χ4v) is 2.90. The van der Waals surface area contributed by atoms with E-state index in [0.29, 0.717) is 0 Å². The highest BCUT2D eigenvalue weighted by atomic mass is 35.5. The Kier molecular flexibility index (Phi) is 3.72. The number of hydrogen-bond donors (Lipinski definition) is 1. The molecule has 0 radical (unpaired) electrons. The van der Waals surface area contributed by atoms with Crippen LogP contribution < -0.4 is 5.32 Å². The second-order valence-electron chi connectivity index (χ2n) is 5.03. The first-order valence-electron chi connectivity index (χ1n) is 6.12. The van der Waals surface area contributed by atoms with Crippen LogP contribution in [-0.4, -0.2) is 12.5 Å². The molecule has 0 saturated heterocycles. The van der Waals surface area contributed by atoms with Gasteiger partial charge in [0.15, 0.2) is 0 Å². The molecule has 2 rings (SSSR count). The Morgan fingerprint density at radius 3 is 2.53 bits per heavy atom.